The van der Waals surface area contributed by atoms with Gasteiger partial charge in [0.15, 0.2) is 11.6 Å². The van der Waals surface area contributed by atoms with Crippen molar-refractivity contribution in [2.75, 3.05) is 31.1 Å². The summed E-state index contributed by atoms with van der Waals surface area (Å²) in [6.07, 6.45) is 4.57. The zero-order valence-electron chi connectivity index (χ0n) is 19.7. The van der Waals surface area contributed by atoms with Crippen LogP contribution >= 0.6 is 0 Å². The summed E-state index contributed by atoms with van der Waals surface area (Å²) >= 11 is 0. The van der Waals surface area contributed by atoms with Crippen LogP contribution in [0.2, 0.25) is 0 Å². The molecule has 4 heterocycles. The molecule has 3 aromatic rings. The van der Waals surface area contributed by atoms with Crippen molar-refractivity contribution in [2.24, 2.45) is 5.10 Å². The molecule has 37 heavy (non-hydrogen) atoms. The lowest BCUT2D eigenvalue weighted by Gasteiger charge is -2.37. The summed E-state index contributed by atoms with van der Waals surface area (Å²) in [6.45, 7) is 3.11. The van der Waals surface area contributed by atoms with Crippen LogP contribution in [-0.2, 0) is 0 Å². The van der Waals surface area contributed by atoms with Crippen LogP contribution in [0.3, 0.4) is 0 Å². The summed E-state index contributed by atoms with van der Waals surface area (Å²) in [4.78, 5) is 29.2. The van der Waals surface area contributed by atoms with Crippen LogP contribution in [0.25, 0.3) is 5.82 Å². The molecule has 0 bridgehead atoms. The van der Waals surface area contributed by atoms with Gasteiger partial charge in [0.25, 0.3) is 0 Å². The Morgan fingerprint density at radius 3 is 2.59 bits per heavy atom. The minimum absolute atomic E-state index is 0.0115. The predicted molar refractivity (Wildman–Crippen MR) is 127 cm³/mol. The van der Waals surface area contributed by atoms with E-state index >= 15 is 0 Å². The number of hydrogen-bond acceptors (Lipinski definition) is 8. The lowest BCUT2D eigenvalue weighted by molar-refractivity contribution is 0.139. The first-order valence-corrected chi connectivity index (χ1v) is 11.4. The van der Waals surface area contributed by atoms with E-state index in [4.69, 9.17) is 5.26 Å². The number of nitriles is 2. The van der Waals surface area contributed by atoms with Crippen molar-refractivity contribution in [3.63, 3.8) is 0 Å². The summed E-state index contributed by atoms with van der Waals surface area (Å²) in [7, 11) is 0. The molecule has 11 nitrogen and oxygen atoms in total. The Morgan fingerprint density at radius 1 is 1.08 bits per heavy atom. The zero-order chi connectivity index (χ0) is 26.1. The van der Waals surface area contributed by atoms with Gasteiger partial charge in [0.1, 0.15) is 11.9 Å². The van der Waals surface area contributed by atoms with Crippen molar-refractivity contribution < 1.29 is 13.6 Å². The first-order valence-electron chi connectivity index (χ1n) is 11.4. The maximum atomic E-state index is 14.5. The number of carbonyl (C=O) groups is 1. The number of carbonyl (C=O) groups excluding carboxylic acids is 1. The normalized spacial score (nSPS) is 17.1. The second-order valence-electron chi connectivity index (χ2n) is 8.57. The molecule has 186 valence electrons. The number of anilines is 1. The number of amides is 2. The summed E-state index contributed by atoms with van der Waals surface area (Å²) < 4.78 is 29.8. The van der Waals surface area contributed by atoms with Crippen molar-refractivity contribution in [3.05, 3.63) is 64.9 Å². The van der Waals surface area contributed by atoms with Crippen LogP contribution in [0.1, 0.15) is 35.1 Å². The van der Waals surface area contributed by atoms with E-state index in [0.29, 0.717) is 43.9 Å². The molecule has 0 unspecified atom stereocenters. The fourth-order valence-electron chi connectivity index (χ4n) is 4.40. The Bertz CT molecular complexity index is 1480. The molecule has 1 saturated heterocycles. The standard InChI is InChI=1S/C24H20F2N10O/c1-15-14-35(21(12-28)31-15)22-19(26)13-29-23(32-22)33-4-6-34(7-5-33)24(37)36-20(2-3-30-36)17-8-16(11-27)9-18(25)10-17/h3,8-10,13-14,20H,2,4-7H2,1H3/t20-/m0/s1. The van der Waals surface area contributed by atoms with Crippen LogP contribution < -0.4 is 4.90 Å². The van der Waals surface area contributed by atoms with Crippen LogP contribution in [0.15, 0.2) is 35.7 Å². The number of urea groups is 1. The van der Waals surface area contributed by atoms with Gasteiger partial charge in [-0.3, -0.25) is 4.57 Å². The molecule has 2 aromatic heterocycles. The first kappa shape index (κ1) is 23.8. The fraction of sp³-hybridized carbons (Fsp3) is 0.292. The zero-order valence-corrected chi connectivity index (χ0v) is 19.7. The quantitative estimate of drug-likeness (QED) is 0.538. The number of imidazole rings is 1. The molecular formula is C24H20F2N10O. The molecule has 1 atom stereocenters. The van der Waals surface area contributed by atoms with E-state index in [2.05, 4.69) is 20.1 Å². The highest BCUT2D eigenvalue weighted by Gasteiger charge is 2.34. The number of hydrogen-bond donors (Lipinski definition) is 0. The predicted octanol–water partition coefficient (Wildman–Crippen LogP) is 2.67. The van der Waals surface area contributed by atoms with Gasteiger partial charge < -0.3 is 9.80 Å². The average molecular weight is 502 g/mol. The van der Waals surface area contributed by atoms with E-state index in [9.17, 15) is 18.8 Å². The number of rotatable bonds is 3. The molecule has 0 saturated carbocycles. The number of nitrogens with zero attached hydrogens (tertiary/aromatic N) is 10. The van der Waals surface area contributed by atoms with Gasteiger partial charge in [-0.2, -0.15) is 20.6 Å². The molecule has 1 fully saturated rings. The third-order valence-corrected chi connectivity index (χ3v) is 6.16. The molecule has 0 spiro atoms. The first-order chi connectivity index (χ1) is 17.9. The average Bonchev–Trinajstić information content (AvgIpc) is 3.55. The van der Waals surface area contributed by atoms with E-state index in [0.717, 1.165) is 12.3 Å². The Kier molecular flexibility index (Phi) is 6.19. The number of benzene rings is 1. The highest BCUT2D eigenvalue weighted by molar-refractivity contribution is 5.78. The molecule has 13 heteroatoms. The van der Waals surface area contributed by atoms with E-state index in [1.165, 1.54) is 21.8 Å². The van der Waals surface area contributed by atoms with Gasteiger partial charge in [-0.05, 0) is 30.7 Å². The van der Waals surface area contributed by atoms with Crippen LogP contribution in [-0.4, -0.2) is 67.9 Å². The third-order valence-electron chi connectivity index (χ3n) is 6.16. The highest BCUT2D eigenvalue weighted by Crippen LogP contribution is 2.31. The number of aryl methyl sites for hydroxylation is 1. The van der Waals surface area contributed by atoms with Crippen molar-refractivity contribution >= 4 is 18.2 Å². The lowest BCUT2D eigenvalue weighted by atomic mass is 10.0. The minimum Gasteiger partial charge on any atom is -0.337 e. The molecule has 0 aliphatic carbocycles. The summed E-state index contributed by atoms with van der Waals surface area (Å²) in [5, 5.41) is 24.0. The van der Waals surface area contributed by atoms with Crippen LogP contribution in [0.4, 0.5) is 19.5 Å². The topological polar surface area (TPSA) is 130 Å². The second-order valence-corrected chi connectivity index (χ2v) is 8.57. The number of aromatic nitrogens is 4. The number of hydrazone groups is 1. The smallest absolute Gasteiger partial charge is 0.337 e. The van der Waals surface area contributed by atoms with E-state index < -0.39 is 17.7 Å². The van der Waals surface area contributed by atoms with Gasteiger partial charge in [0.2, 0.25) is 11.8 Å². The molecule has 1 aromatic carbocycles. The lowest BCUT2D eigenvalue weighted by Crippen LogP contribution is -2.52. The van der Waals surface area contributed by atoms with Gasteiger partial charge >= 0.3 is 6.03 Å². The fourth-order valence-corrected chi connectivity index (χ4v) is 4.40. The Balaban J connectivity index is 1.29. The SMILES string of the molecule is Cc1cn(-c2nc(N3CCN(C(=O)N4N=CC[C@H]4c4cc(F)cc(C#N)c4)CC3)ncc2F)c(C#N)n1. The molecular weight excluding hydrogens is 482 g/mol. The molecule has 2 aliphatic rings. The maximum absolute atomic E-state index is 14.5. The summed E-state index contributed by atoms with van der Waals surface area (Å²) in [6, 6.07) is 7.01. The molecule has 0 radical (unpaired) electrons. The minimum atomic E-state index is -0.693. The highest BCUT2D eigenvalue weighted by atomic mass is 19.1. The van der Waals surface area contributed by atoms with Crippen LogP contribution in [0.5, 0.6) is 0 Å². The third kappa shape index (κ3) is 4.54. The van der Waals surface area contributed by atoms with Crippen molar-refractivity contribution in [1.82, 2.24) is 29.4 Å². The molecule has 0 N–H and O–H groups in total. The van der Waals surface area contributed by atoms with E-state index in [-0.39, 0.29) is 29.2 Å². The molecule has 5 rings (SSSR count). The van der Waals surface area contributed by atoms with Crippen molar-refractivity contribution in [3.8, 4) is 18.0 Å². The maximum Gasteiger partial charge on any atom is 0.341 e. The van der Waals surface area contributed by atoms with Crippen LogP contribution in [0, 0.1) is 41.2 Å². The number of piperazine rings is 1. The monoisotopic (exact) mass is 502 g/mol. The Labute approximate surface area is 210 Å². The summed E-state index contributed by atoms with van der Waals surface area (Å²) in [5.41, 5.74) is 1.22. The van der Waals surface area contributed by atoms with Gasteiger partial charge in [-0.25, -0.2) is 28.6 Å². The van der Waals surface area contributed by atoms with Gasteiger partial charge in [-0.15, -0.1) is 0 Å². The van der Waals surface area contributed by atoms with E-state index in [1.807, 2.05) is 17.0 Å². The van der Waals surface area contributed by atoms with Gasteiger partial charge in [-0.1, -0.05) is 0 Å². The van der Waals surface area contributed by atoms with E-state index in [1.54, 1.807) is 24.1 Å². The van der Waals surface area contributed by atoms with Crippen molar-refractivity contribution in [1.29, 1.82) is 10.5 Å². The molecule has 2 amide bonds. The van der Waals surface area contributed by atoms with Gasteiger partial charge in [0.05, 0.1) is 29.6 Å². The Morgan fingerprint density at radius 2 is 1.86 bits per heavy atom. The van der Waals surface area contributed by atoms with Gasteiger partial charge in [0, 0.05) is 45.0 Å². The summed E-state index contributed by atoms with van der Waals surface area (Å²) in [5.74, 6) is -1.05. The second kappa shape index (κ2) is 9.62. The molecule has 2 aliphatic heterocycles. The van der Waals surface area contributed by atoms with Crippen molar-refractivity contribution in [2.45, 2.75) is 19.4 Å². The number of halogens is 2. The Hall–Kier alpha value is -4.91. The largest absolute Gasteiger partial charge is 0.341 e.